The summed E-state index contributed by atoms with van der Waals surface area (Å²) in [4.78, 5) is 79.0. The van der Waals surface area contributed by atoms with E-state index in [1.165, 1.54) is 31.1 Å². The summed E-state index contributed by atoms with van der Waals surface area (Å²) in [6, 6.07) is 8.37. The van der Waals surface area contributed by atoms with Crippen LogP contribution in [0.3, 0.4) is 0 Å². The van der Waals surface area contributed by atoms with Gasteiger partial charge < -0.3 is 10.0 Å². The molecule has 6 rings (SSSR count). The molecule has 0 unspecified atom stereocenters. The Morgan fingerprint density at radius 3 is 2.18 bits per heavy atom. The first-order valence-corrected chi connectivity index (χ1v) is 13.8. The first-order chi connectivity index (χ1) is 20.8. The second-order valence-electron chi connectivity index (χ2n) is 11.5. The van der Waals surface area contributed by atoms with Crippen LogP contribution in [0.2, 0.25) is 0 Å². The second kappa shape index (κ2) is 10.1. The van der Waals surface area contributed by atoms with Gasteiger partial charge in [-0.05, 0) is 37.8 Å². The van der Waals surface area contributed by atoms with Gasteiger partial charge in [0.1, 0.15) is 5.75 Å². The molecule has 2 aromatic rings. The number of hydrogen-bond donors (Lipinski definition) is 1. The van der Waals surface area contributed by atoms with Gasteiger partial charge in [-0.3, -0.25) is 39.4 Å². The zero-order valence-electron chi connectivity index (χ0n) is 23.8. The van der Waals surface area contributed by atoms with Gasteiger partial charge in [0.05, 0.1) is 27.4 Å². The molecule has 13 nitrogen and oxygen atoms in total. The van der Waals surface area contributed by atoms with Gasteiger partial charge in [-0.25, -0.2) is 4.90 Å². The Labute approximate surface area is 250 Å². The maximum Gasteiger partial charge on any atom is 0.301 e. The van der Waals surface area contributed by atoms with Crippen molar-refractivity contribution in [3.8, 4) is 5.75 Å². The number of fused-ring (bicyclic) bond motifs is 3. The Hall–Kier alpha value is -5.46. The number of imide groups is 1. The Morgan fingerprint density at radius 2 is 1.59 bits per heavy atom. The molecule has 1 heterocycles. The number of phenols is 1. The van der Waals surface area contributed by atoms with E-state index >= 15 is 0 Å². The molecule has 2 aromatic carbocycles. The number of hydrogen-bond acceptors (Lipinski definition) is 10. The minimum atomic E-state index is -1.01. The number of rotatable bonds is 5. The van der Waals surface area contributed by atoms with E-state index in [2.05, 4.69) is 0 Å². The largest absolute Gasteiger partial charge is 0.508 e. The van der Waals surface area contributed by atoms with E-state index < -0.39 is 62.5 Å². The van der Waals surface area contributed by atoms with Crippen LogP contribution in [0.1, 0.15) is 31.2 Å². The Balaban J connectivity index is 1.49. The molecule has 1 N–H and O–H groups in total. The average Bonchev–Trinajstić information content (AvgIpc) is 3.23. The van der Waals surface area contributed by atoms with E-state index in [4.69, 9.17) is 0 Å². The Bertz CT molecular complexity index is 1800. The van der Waals surface area contributed by atoms with Crippen molar-refractivity contribution in [1.82, 2.24) is 0 Å². The summed E-state index contributed by atoms with van der Waals surface area (Å²) < 4.78 is 0. The molecule has 44 heavy (non-hydrogen) atoms. The summed E-state index contributed by atoms with van der Waals surface area (Å²) in [7, 11) is 2.81. The predicted octanol–water partition coefficient (Wildman–Crippen LogP) is 3.91. The lowest BCUT2D eigenvalue weighted by atomic mass is 9.59. The highest BCUT2D eigenvalue weighted by Gasteiger charge is 2.57. The van der Waals surface area contributed by atoms with E-state index in [0.717, 1.165) is 17.0 Å². The van der Waals surface area contributed by atoms with Crippen LogP contribution < -0.4 is 9.80 Å². The molecule has 224 valence electrons. The van der Waals surface area contributed by atoms with Gasteiger partial charge in [0.2, 0.25) is 11.8 Å². The fourth-order valence-corrected chi connectivity index (χ4v) is 7.16. The smallest absolute Gasteiger partial charge is 0.301 e. The molecule has 0 spiro atoms. The van der Waals surface area contributed by atoms with Gasteiger partial charge in [-0.1, -0.05) is 29.8 Å². The number of nitro groups is 2. The summed E-state index contributed by atoms with van der Waals surface area (Å²) >= 11 is 0. The molecule has 13 heteroatoms. The zero-order valence-corrected chi connectivity index (χ0v) is 23.8. The molecule has 0 radical (unpaired) electrons. The van der Waals surface area contributed by atoms with Crippen molar-refractivity contribution in [1.29, 1.82) is 0 Å². The Morgan fingerprint density at radius 1 is 0.955 bits per heavy atom. The van der Waals surface area contributed by atoms with Crippen molar-refractivity contribution in [2.75, 3.05) is 23.9 Å². The van der Waals surface area contributed by atoms with E-state index in [0.29, 0.717) is 11.1 Å². The fourth-order valence-electron chi connectivity index (χ4n) is 7.16. The molecule has 4 aliphatic rings. The van der Waals surface area contributed by atoms with Gasteiger partial charge in [-0.15, -0.1) is 0 Å². The number of amides is 2. The lowest BCUT2D eigenvalue weighted by molar-refractivity contribution is -0.392. The summed E-state index contributed by atoms with van der Waals surface area (Å²) in [5.74, 6) is -5.68. The number of para-hydroxylation sites is 1. The van der Waals surface area contributed by atoms with E-state index in [1.54, 1.807) is 31.2 Å². The van der Waals surface area contributed by atoms with Crippen molar-refractivity contribution in [2.24, 2.45) is 17.8 Å². The van der Waals surface area contributed by atoms with Crippen LogP contribution in [0.25, 0.3) is 0 Å². The number of anilines is 2. The van der Waals surface area contributed by atoms with Gasteiger partial charge >= 0.3 is 11.4 Å². The molecule has 1 saturated heterocycles. The van der Waals surface area contributed by atoms with Crippen LogP contribution in [0.4, 0.5) is 22.7 Å². The van der Waals surface area contributed by atoms with Crippen LogP contribution in [0.15, 0.2) is 70.8 Å². The predicted molar refractivity (Wildman–Crippen MR) is 156 cm³/mol. The zero-order chi connectivity index (χ0) is 31.8. The number of benzene rings is 2. The molecule has 2 amide bonds. The van der Waals surface area contributed by atoms with Crippen molar-refractivity contribution in [3.05, 3.63) is 96.6 Å². The molecular formula is C31H26N4O9. The number of aromatic hydroxyl groups is 1. The SMILES string of the molecule is CC1=CC(=O)C2=C(C1=O)[C@@H](c1ccccc1O)C1=CC[C@@H]3C(=O)N(c4cc([N+](=O)[O-])c(N(C)C)c([N+](=O)[O-])c4)C(=O)[C@@H]3[C@@H]1C2. The summed E-state index contributed by atoms with van der Waals surface area (Å²) in [5.41, 5.74) is -0.184. The highest BCUT2D eigenvalue weighted by atomic mass is 16.6. The third-order valence-electron chi connectivity index (χ3n) is 8.97. The normalized spacial score (nSPS) is 24.4. The number of phenolic OH excluding ortho intramolecular Hbond substituents is 1. The quantitative estimate of drug-likeness (QED) is 0.174. The molecule has 3 aliphatic carbocycles. The van der Waals surface area contributed by atoms with E-state index in [-0.39, 0.29) is 52.5 Å². The van der Waals surface area contributed by atoms with Crippen LogP contribution in [0, 0.1) is 38.0 Å². The van der Waals surface area contributed by atoms with Gasteiger partial charge in [-0.2, -0.15) is 0 Å². The van der Waals surface area contributed by atoms with Gasteiger partial charge in [0.15, 0.2) is 17.3 Å². The standard InChI is InChI=1S/C31H26N4O9/c1-14-10-24(37)20-13-19-16(25(27(20)29(14)38)17-6-4-5-7-23(17)36)8-9-18-26(19)31(40)33(30(18)39)15-11-21(34(41)42)28(32(2)3)22(12-15)35(43)44/h4-8,10-12,18-19,25-26,36H,9,13H2,1-3H3/t18-,19+,25+,26-/m0/s1. The topological polar surface area (TPSA) is 181 Å². The van der Waals surface area contributed by atoms with Crippen molar-refractivity contribution >= 4 is 46.1 Å². The average molecular weight is 599 g/mol. The monoisotopic (exact) mass is 598 g/mol. The molecule has 0 saturated carbocycles. The van der Waals surface area contributed by atoms with Crippen LogP contribution in [-0.4, -0.2) is 52.4 Å². The molecule has 0 bridgehead atoms. The molecule has 1 aliphatic heterocycles. The number of carbonyl (C=O) groups excluding carboxylic acids is 4. The van der Waals surface area contributed by atoms with Crippen molar-refractivity contribution in [2.45, 2.75) is 25.7 Å². The first kappa shape index (κ1) is 28.6. The number of ketones is 2. The summed E-state index contributed by atoms with van der Waals surface area (Å²) in [5, 5.41) is 34.7. The third kappa shape index (κ3) is 4.07. The number of allylic oxidation sites excluding steroid dienone is 6. The highest BCUT2D eigenvalue weighted by molar-refractivity contribution is 6.25. The molecule has 1 fully saturated rings. The van der Waals surface area contributed by atoms with Gasteiger partial charge in [0, 0.05) is 54.4 Å². The highest BCUT2D eigenvalue weighted by Crippen LogP contribution is 2.56. The molecular weight excluding hydrogens is 572 g/mol. The lowest BCUT2D eigenvalue weighted by Crippen LogP contribution is -2.39. The molecule has 0 aromatic heterocycles. The number of carbonyl (C=O) groups is 4. The number of nitro benzene ring substituents is 2. The van der Waals surface area contributed by atoms with Crippen LogP contribution in [0.5, 0.6) is 5.75 Å². The first-order valence-electron chi connectivity index (χ1n) is 13.8. The number of Topliss-reactive ketones (excluding diaryl/α,β-unsaturated/α-hetero) is 1. The Kier molecular flexibility index (Phi) is 6.56. The summed E-state index contributed by atoms with van der Waals surface area (Å²) in [6.45, 7) is 1.54. The van der Waals surface area contributed by atoms with Gasteiger partial charge in [0.25, 0.3) is 0 Å². The van der Waals surface area contributed by atoms with Crippen LogP contribution >= 0.6 is 0 Å². The van der Waals surface area contributed by atoms with Crippen molar-refractivity contribution in [3.63, 3.8) is 0 Å². The van der Waals surface area contributed by atoms with E-state index in [9.17, 15) is 44.5 Å². The fraction of sp³-hybridized carbons (Fsp3) is 0.290. The third-order valence-corrected chi connectivity index (χ3v) is 8.97. The maximum atomic E-state index is 14.2. The lowest BCUT2D eigenvalue weighted by Gasteiger charge is -2.42. The molecule has 4 atom stereocenters. The number of nitrogens with zero attached hydrogens (tertiary/aromatic N) is 4. The van der Waals surface area contributed by atoms with E-state index in [1.807, 2.05) is 0 Å². The van der Waals surface area contributed by atoms with Crippen molar-refractivity contribution < 1.29 is 34.1 Å². The minimum Gasteiger partial charge on any atom is -0.508 e. The second-order valence-corrected chi connectivity index (χ2v) is 11.5. The maximum absolute atomic E-state index is 14.2. The summed E-state index contributed by atoms with van der Waals surface area (Å²) in [6.07, 6.45) is 3.10. The van der Waals surface area contributed by atoms with Crippen LogP contribution in [-0.2, 0) is 19.2 Å². The minimum absolute atomic E-state index is 0.00644.